The second kappa shape index (κ2) is 8.54. The van der Waals surface area contributed by atoms with Crippen molar-refractivity contribution in [3.05, 3.63) is 65.5 Å². The first kappa shape index (κ1) is 18.7. The quantitative estimate of drug-likeness (QED) is 0.689. The number of ether oxygens (including phenoxy) is 1. The van der Waals surface area contributed by atoms with Crippen LogP contribution in [0.2, 0.25) is 0 Å². The molecule has 2 heterocycles. The van der Waals surface area contributed by atoms with Crippen molar-refractivity contribution in [1.82, 2.24) is 4.57 Å². The first-order chi connectivity index (χ1) is 13.7. The van der Waals surface area contributed by atoms with E-state index in [-0.39, 0.29) is 12.0 Å². The molecule has 0 aliphatic carbocycles. The van der Waals surface area contributed by atoms with Gasteiger partial charge < -0.3 is 14.6 Å². The van der Waals surface area contributed by atoms with Crippen LogP contribution in [0.15, 0.2) is 65.7 Å². The SMILES string of the molecule is CC(=O)Nc1sc(=Nc2ccccc2)n(C[C@H]2CCCO2)c1-c1ccccc1. The van der Waals surface area contributed by atoms with Crippen molar-refractivity contribution < 1.29 is 9.53 Å². The van der Waals surface area contributed by atoms with Gasteiger partial charge in [0.15, 0.2) is 4.80 Å². The zero-order valence-electron chi connectivity index (χ0n) is 15.8. The van der Waals surface area contributed by atoms with E-state index in [0.717, 1.165) is 46.2 Å². The Morgan fingerprint density at radius 2 is 1.89 bits per heavy atom. The summed E-state index contributed by atoms with van der Waals surface area (Å²) >= 11 is 1.50. The molecule has 1 saturated heterocycles. The minimum atomic E-state index is -0.0889. The number of para-hydroxylation sites is 1. The van der Waals surface area contributed by atoms with Crippen LogP contribution in [-0.4, -0.2) is 23.2 Å². The summed E-state index contributed by atoms with van der Waals surface area (Å²) < 4.78 is 8.09. The number of amides is 1. The average molecular weight is 394 g/mol. The van der Waals surface area contributed by atoms with E-state index in [0.29, 0.717) is 6.54 Å². The van der Waals surface area contributed by atoms with Crippen LogP contribution in [0.25, 0.3) is 11.3 Å². The molecular formula is C22H23N3O2S. The van der Waals surface area contributed by atoms with Gasteiger partial charge in [-0.25, -0.2) is 4.99 Å². The van der Waals surface area contributed by atoms with E-state index in [1.807, 2.05) is 48.5 Å². The predicted octanol–water partition coefficient (Wildman–Crippen LogP) is 4.59. The number of anilines is 1. The summed E-state index contributed by atoms with van der Waals surface area (Å²) in [5.74, 6) is -0.0889. The number of carbonyl (C=O) groups is 1. The maximum Gasteiger partial charge on any atom is 0.221 e. The Kier molecular flexibility index (Phi) is 5.69. The van der Waals surface area contributed by atoms with Gasteiger partial charge >= 0.3 is 0 Å². The highest BCUT2D eigenvalue weighted by Crippen LogP contribution is 2.32. The lowest BCUT2D eigenvalue weighted by molar-refractivity contribution is -0.114. The molecule has 0 radical (unpaired) electrons. The number of benzene rings is 2. The summed E-state index contributed by atoms with van der Waals surface area (Å²) in [7, 11) is 0. The van der Waals surface area contributed by atoms with Gasteiger partial charge in [0, 0.05) is 19.1 Å². The fourth-order valence-electron chi connectivity index (χ4n) is 3.40. The molecule has 28 heavy (non-hydrogen) atoms. The molecule has 4 rings (SSSR count). The highest BCUT2D eigenvalue weighted by Gasteiger charge is 2.22. The van der Waals surface area contributed by atoms with E-state index in [1.165, 1.54) is 18.3 Å². The Balaban J connectivity index is 1.90. The van der Waals surface area contributed by atoms with E-state index >= 15 is 0 Å². The molecule has 0 saturated carbocycles. The summed E-state index contributed by atoms with van der Waals surface area (Å²) in [6.45, 7) is 3.05. The minimum Gasteiger partial charge on any atom is -0.376 e. The summed E-state index contributed by atoms with van der Waals surface area (Å²) in [6.07, 6.45) is 2.29. The molecular weight excluding hydrogens is 370 g/mol. The topological polar surface area (TPSA) is 55.6 Å². The van der Waals surface area contributed by atoms with Gasteiger partial charge in [0.25, 0.3) is 0 Å². The second-order valence-corrected chi connectivity index (χ2v) is 7.78. The van der Waals surface area contributed by atoms with Gasteiger partial charge in [-0.3, -0.25) is 4.79 Å². The number of nitrogens with one attached hydrogen (secondary N) is 1. The van der Waals surface area contributed by atoms with Crippen molar-refractivity contribution in [1.29, 1.82) is 0 Å². The van der Waals surface area contributed by atoms with Crippen LogP contribution in [0.3, 0.4) is 0 Å². The monoisotopic (exact) mass is 393 g/mol. The third-order valence-electron chi connectivity index (χ3n) is 4.64. The zero-order valence-corrected chi connectivity index (χ0v) is 16.6. The lowest BCUT2D eigenvalue weighted by Gasteiger charge is -2.15. The van der Waals surface area contributed by atoms with Crippen LogP contribution in [0.5, 0.6) is 0 Å². The summed E-state index contributed by atoms with van der Waals surface area (Å²) in [6, 6.07) is 20.0. The van der Waals surface area contributed by atoms with E-state index in [9.17, 15) is 4.79 Å². The third-order valence-corrected chi connectivity index (χ3v) is 5.63. The Morgan fingerprint density at radius 3 is 2.54 bits per heavy atom. The average Bonchev–Trinajstić information content (AvgIpc) is 3.32. The fraction of sp³-hybridized carbons (Fsp3) is 0.273. The first-order valence-corrected chi connectivity index (χ1v) is 10.3. The van der Waals surface area contributed by atoms with Crippen molar-refractivity contribution in [3.8, 4) is 11.3 Å². The number of hydrogen-bond donors (Lipinski definition) is 1. The molecule has 1 aromatic heterocycles. The van der Waals surface area contributed by atoms with Gasteiger partial charge in [-0.15, -0.1) is 0 Å². The van der Waals surface area contributed by atoms with E-state index in [1.54, 1.807) is 0 Å². The largest absolute Gasteiger partial charge is 0.376 e. The molecule has 1 aliphatic rings. The van der Waals surface area contributed by atoms with Gasteiger partial charge in [-0.05, 0) is 25.0 Å². The molecule has 2 aromatic carbocycles. The van der Waals surface area contributed by atoms with E-state index < -0.39 is 0 Å². The van der Waals surface area contributed by atoms with Crippen molar-refractivity contribution >= 4 is 27.9 Å². The number of hydrogen-bond acceptors (Lipinski definition) is 4. The highest BCUT2D eigenvalue weighted by atomic mass is 32.1. The van der Waals surface area contributed by atoms with Gasteiger partial charge in [0.2, 0.25) is 5.91 Å². The molecule has 1 fully saturated rings. The lowest BCUT2D eigenvalue weighted by Crippen LogP contribution is -2.24. The molecule has 1 N–H and O–H groups in total. The van der Waals surface area contributed by atoms with Gasteiger partial charge in [-0.1, -0.05) is 59.9 Å². The van der Waals surface area contributed by atoms with Crippen LogP contribution in [-0.2, 0) is 16.1 Å². The van der Waals surface area contributed by atoms with Crippen LogP contribution in [0, 0.1) is 0 Å². The number of rotatable bonds is 5. The van der Waals surface area contributed by atoms with Gasteiger partial charge in [0.1, 0.15) is 5.00 Å². The fourth-order valence-corrected chi connectivity index (χ4v) is 4.53. The molecule has 0 bridgehead atoms. The number of thiazole rings is 1. The second-order valence-electron chi connectivity index (χ2n) is 6.80. The van der Waals surface area contributed by atoms with Gasteiger partial charge in [-0.2, -0.15) is 0 Å². The first-order valence-electron chi connectivity index (χ1n) is 9.49. The van der Waals surface area contributed by atoms with E-state index in [2.05, 4.69) is 22.0 Å². The van der Waals surface area contributed by atoms with Crippen molar-refractivity contribution in [2.24, 2.45) is 4.99 Å². The number of carbonyl (C=O) groups excluding carboxylic acids is 1. The minimum absolute atomic E-state index is 0.0889. The number of nitrogens with zero attached hydrogens (tertiary/aromatic N) is 2. The zero-order chi connectivity index (χ0) is 19.3. The van der Waals surface area contributed by atoms with Crippen molar-refractivity contribution in [2.45, 2.75) is 32.4 Å². The Hall–Kier alpha value is -2.70. The predicted molar refractivity (Wildman–Crippen MR) is 113 cm³/mol. The molecule has 5 nitrogen and oxygen atoms in total. The van der Waals surface area contributed by atoms with E-state index in [4.69, 9.17) is 9.73 Å². The summed E-state index contributed by atoms with van der Waals surface area (Å²) in [5.41, 5.74) is 2.92. The third kappa shape index (κ3) is 4.24. The molecule has 1 aliphatic heterocycles. The molecule has 1 atom stereocenters. The smallest absolute Gasteiger partial charge is 0.221 e. The molecule has 0 spiro atoms. The maximum absolute atomic E-state index is 11.9. The Morgan fingerprint density at radius 1 is 1.18 bits per heavy atom. The highest BCUT2D eigenvalue weighted by molar-refractivity contribution is 7.14. The van der Waals surface area contributed by atoms with Crippen molar-refractivity contribution in [3.63, 3.8) is 0 Å². The van der Waals surface area contributed by atoms with Gasteiger partial charge in [0.05, 0.1) is 24.0 Å². The molecule has 6 heteroatoms. The number of aromatic nitrogens is 1. The van der Waals surface area contributed by atoms with Crippen LogP contribution in [0.4, 0.5) is 10.7 Å². The maximum atomic E-state index is 11.9. The van der Waals surface area contributed by atoms with Crippen LogP contribution < -0.4 is 10.1 Å². The van der Waals surface area contributed by atoms with Crippen LogP contribution >= 0.6 is 11.3 Å². The lowest BCUT2D eigenvalue weighted by atomic mass is 10.1. The van der Waals surface area contributed by atoms with Crippen LogP contribution in [0.1, 0.15) is 19.8 Å². The molecule has 144 valence electrons. The van der Waals surface area contributed by atoms with Crippen molar-refractivity contribution in [2.75, 3.05) is 11.9 Å². The Labute approximate surface area is 168 Å². The standard InChI is InChI=1S/C22H23N3O2S/c1-16(26)23-21-20(17-9-4-2-5-10-17)25(15-19-13-8-14-27-19)22(28-21)24-18-11-6-3-7-12-18/h2-7,9-12,19H,8,13-15H2,1H3,(H,23,26)/t19-/m1/s1. The molecule has 3 aromatic rings. The summed E-state index contributed by atoms with van der Waals surface area (Å²) in [4.78, 5) is 17.6. The molecule has 1 amide bonds. The molecule has 0 unspecified atom stereocenters. The Bertz CT molecular complexity index is 1000. The normalized spacial score (nSPS) is 17.0. The summed E-state index contributed by atoms with van der Waals surface area (Å²) in [5, 5.41) is 3.81.